The first-order valence-electron chi connectivity index (χ1n) is 7.32. The highest BCUT2D eigenvalue weighted by Crippen LogP contribution is 2.10. The molecule has 0 saturated carbocycles. The van der Waals surface area contributed by atoms with Gasteiger partial charge in [-0.2, -0.15) is 0 Å². The van der Waals surface area contributed by atoms with Gasteiger partial charge in [-0.1, -0.05) is 45.4 Å². The van der Waals surface area contributed by atoms with Crippen LogP contribution in [0.4, 0.5) is 4.79 Å². The molecule has 0 bridgehead atoms. The standard InChI is InChI=1S/C14H29N3O2/c1-4-5-6-7-8-9-10-11-12-17(2,3)13(15)16-14(18)19/h4-12H2,1-3H3,(H2-,15,16,18,19)/p+1. The van der Waals surface area contributed by atoms with Gasteiger partial charge in [-0.15, -0.1) is 0 Å². The van der Waals surface area contributed by atoms with E-state index in [4.69, 9.17) is 10.5 Å². The molecule has 0 heterocycles. The van der Waals surface area contributed by atoms with E-state index in [9.17, 15) is 4.79 Å². The minimum absolute atomic E-state index is 0.0374. The summed E-state index contributed by atoms with van der Waals surface area (Å²) in [7, 11) is 3.72. The minimum Gasteiger partial charge on any atom is -0.465 e. The molecule has 112 valence electrons. The molecule has 0 aromatic heterocycles. The van der Waals surface area contributed by atoms with Gasteiger partial charge in [0.05, 0.1) is 20.6 Å². The van der Waals surface area contributed by atoms with Crippen LogP contribution < -0.4 is 5.32 Å². The molecule has 0 spiro atoms. The van der Waals surface area contributed by atoms with E-state index in [0.29, 0.717) is 4.48 Å². The summed E-state index contributed by atoms with van der Waals surface area (Å²) in [5.41, 5.74) is 0. The zero-order valence-electron chi connectivity index (χ0n) is 12.7. The first-order chi connectivity index (χ1) is 8.90. The molecule has 0 radical (unpaired) electrons. The molecule has 19 heavy (non-hydrogen) atoms. The number of guanidine groups is 1. The average molecular weight is 272 g/mol. The summed E-state index contributed by atoms with van der Waals surface area (Å²) in [6, 6.07) is 0. The third-order valence-corrected chi connectivity index (χ3v) is 3.40. The van der Waals surface area contributed by atoms with Crippen LogP contribution in [0.2, 0.25) is 0 Å². The zero-order chi connectivity index (χ0) is 14.7. The number of carbonyl (C=O) groups is 1. The van der Waals surface area contributed by atoms with Gasteiger partial charge in [0, 0.05) is 0 Å². The number of amides is 1. The number of nitrogens with one attached hydrogen (secondary N) is 2. The molecular weight excluding hydrogens is 242 g/mol. The number of carboxylic acid groups (broad SMARTS) is 1. The Morgan fingerprint density at radius 3 is 2.00 bits per heavy atom. The highest BCUT2D eigenvalue weighted by molar-refractivity contribution is 5.87. The lowest BCUT2D eigenvalue weighted by Gasteiger charge is -2.28. The highest BCUT2D eigenvalue weighted by Gasteiger charge is 2.23. The van der Waals surface area contributed by atoms with Crippen molar-refractivity contribution in [2.24, 2.45) is 0 Å². The first kappa shape index (κ1) is 17.9. The van der Waals surface area contributed by atoms with Crippen molar-refractivity contribution in [3.8, 4) is 0 Å². The summed E-state index contributed by atoms with van der Waals surface area (Å²) in [5, 5.41) is 18.4. The van der Waals surface area contributed by atoms with E-state index < -0.39 is 6.09 Å². The molecular formula is C14H30N3O2+. The Morgan fingerprint density at radius 1 is 1.05 bits per heavy atom. The number of unbranched alkanes of at least 4 members (excludes halogenated alkanes) is 7. The fourth-order valence-corrected chi connectivity index (χ4v) is 2.01. The van der Waals surface area contributed by atoms with Gasteiger partial charge >= 0.3 is 12.1 Å². The summed E-state index contributed by atoms with van der Waals surface area (Å²) < 4.78 is 0.294. The molecule has 1 amide bonds. The summed E-state index contributed by atoms with van der Waals surface area (Å²) >= 11 is 0. The molecule has 0 fully saturated rings. The van der Waals surface area contributed by atoms with Gasteiger partial charge in [0.25, 0.3) is 0 Å². The average Bonchev–Trinajstić information content (AvgIpc) is 2.31. The SMILES string of the molecule is CCCCCCCCCC[N+](C)(C)C(=N)NC(=O)O. The Hall–Kier alpha value is -1.10. The largest absolute Gasteiger partial charge is 0.465 e. The highest BCUT2D eigenvalue weighted by atomic mass is 16.4. The fraction of sp³-hybridized carbons (Fsp3) is 0.857. The quantitative estimate of drug-likeness (QED) is 0.260. The molecule has 5 nitrogen and oxygen atoms in total. The molecule has 0 aliphatic rings. The summed E-state index contributed by atoms with van der Waals surface area (Å²) in [6.07, 6.45) is 8.84. The summed E-state index contributed by atoms with van der Waals surface area (Å²) in [5.74, 6) is 0.0374. The van der Waals surface area contributed by atoms with Crippen molar-refractivity contribution in [1.82, 2.24) is 5.32 Å². The van der Waals surface area contributed by atoms with Gasteiger partial charge < -0.3 is 5.11 Å². The molecule has 0 aliphatic heterocycles. The predicted molar refractivity (Wildman–Crippen MR) is 78.5 cm³/mol. The molecule has 3 N–H and O–H groups in total. The lowest BCUT2D eigenvalue weighted by atomic mass is 10.1. The zero-order valence-corrected chi connectivity index (χ0v) is 12.7. The number of quaternary nitrogens is 1. The van der Waals surface area contributed by atoms with Gasteiger partial charge in [0.15, 0.2) is 0 Å². The molecule has 0 aromatic rings. The lowest BCUT2D eigenvalue weighted by Crippen LogP contribution is -2.53. The van der Waals surface area contributed by atoms with Crippen molar-refractivity contribution >= 4 is 12.1 Å². The molecule has 0 aromatic carbocycles. The van der Waals surface area contributed by atoms with Gasteiger partial charge in [0.1, 0.15) is 0 Å². The topological polar surface area (TPSA) is 73.2 Å². The third kappa shape index (κ3) is 9.47. The van der Waals surface area contributed by atoms with Gasteiger partial charge in [-0.25, -0.2) is 15.5 Å². The van der Waals surface area contributed by atoms with Crippen LogP contribution in [0.5, 0.6) is 0 Å². The fourth-order valence-electron chi connectivity index (χ4n) is 2.01. The number of hydrogen-bond donors (Lipinski definition) is 3. The van der Waals surface area contributed by atoms with Gasteiger partial charge in [0.2, 0.25) is 0 Å². The van der Waals surface area contributed by atoms with E-state index in [0.717, 1.165) is 19.4 Å². The Morgan fingerprint density at radius 2 is 1.53 bits per heavy atom. The predicted octanol–water partition coefficient (Wildman–Crippen LogP) is 3.41. The summed E-state index contributed by atoms with van der Waals surface area (Å²) in [4.78, 5) is 10.5. The van der Waals surface area contributed by atoms with E-state index in [1.54, 1.807) is 0 Å². The maximum Gasteiger partial charge on any atom is 0.414 e. The Kier molecular flexibility index (Phi) is 9.21. The van der Waals surface area contributed by atoms with Crippen LogP contribution in [0.3, 0.4) is 0 Å². The molecule has 0 aliphatic carbocycles. The monoisotopic (exact) mass is 272 g/mol. The van der Waals surface area contributed by atoms with Crippen molar-refractivity contribution in [3.63, 3.8) is 0 Å². The second-order valence-corrected chi connectivity index (χ2v) is 5.66. The van der Waals surface area contributed by atoms with Crippen LogP contribution in [0.15, 0.2) is 0 Å². The normalized spacial score (nSPS) is 11.3. The molecule has 0 rings (SSSR count). The smallest absolute Gasteiger partial charge is 0.414 e. The Labute approximate surface area is 117 Å². The van der Waals surface area contributed by atoms with E-state index >= 15 is 0 Å². The maximum atomic E-state index is 10.5. The van der Waals surface area contributed by atoms with E-state index in [1.165, 1.54) is 38.5 Å². The second-order valence-electron chi connectivity index (χ2n) is 5.66. The molecule has 0 saturated heterocycles. The lowest BCUT2D eigenvalue weighted by molar-refractivity contribution is -0.802. The van der Waals surface area contributed by atoms with Crippen LogP contribution in [-0.2, 0) is 0 Å². The van der Waals surface area contributed by atoms with Crippen LogP contribution in [0.25, 0.3) is 0 Å². The second kappa shape index (κ2) is 9.78. The van der Waals surface area contributed by atoms with Gasteiger partial charge in [-0.05, 0) is 12.8 Å². The van der Waals surface area contributed by atoms with E-state index in [1.807, 2.05) is 14.1 Å². The molecule has 5 heteroatoms. The van der Waals surface area contributed by atoms with Crippen molar-refractivity contribution in [2.75, 3.05) is 20.6 Å². The van der Waals surface area contributed by atoms with Crippen LogP contribution in [-0.4, -0.2) is 42.3 Å². The Balaban J connectivity index is 3.63. The van der Waals surface area contributed by atoms with Crippen LogP contribution in [0, 0.1) is 5.41 Å². The number of nitrogens with zero attached hydrogens (tertiary/aromatic N) is 1. The summed E-state index contributed by atoms with van der Waals surface area (Å²) in [6.45, 7) is 3.02. The van der Waals surface area contributed by atoms with E-state index in [2.05, 4.69) is 12.2 Å². The van der Waals surface area contributed by atoms with Crippen molar-refractivity contribution < 1.29 is 14.4 Å². The third-order valence-electron chi connectivity index (χ3n) is 3.40. The first-order valence-corrected chi connectivity index (χ1v) is 7.32. The van der Waals surface area contributed by atoms with Crippen molar-refractivity contribution in [3.05, 3.63) is 0 Å². The minimum atomic E-state index is -1.16. The van der Waals surface area contributed by atoms with Crippen molar-refractivity contribution in [2.45, 2.75) is 58.3 Å². The number of rotatable bonds is 9. The maximum absolute atomic E-state index is 10.5. The van der Waals surface area contributed by atoms with Gasteiger partial charge in [-0.3, -0.25) is 4.48 Å². The number of hydrogen-bond acceptors (Lipinski definition) is 2. The molecule has 0 atom stereocenters. The van der Waals surface area contributed by atoms with Crippen LogP contribution >= 0.6 is 0 Å². The molecule has 0 unspecified atom stereocenters. The Bertz CT molecular complexity index is 278. The van der Waals surface area contributed by atoms with E-state index in [-0.39, 0.29) is 5.96 Å². The van der Waals surface area contributed by atoms with Crippen LogP contribution in [0.1, 0.15) is 58.3 Å². The van der Waals surface area contributed by atoms with Crippen molar-refractivity contribution in [1.29, 1.82) is 5.41 Å².